The Balaban J connectivity index is 1.86. The molecule has 0 saturated heterocycles. The van der Waals surface area contributed by atoms with E-state index in [9.17, 15) is 9.59 Å². The maximum Gasteiger partial charge on any atom is 0.248 e. The number of aromatic nitrogens is 3. The fourth-order valence-corrected chi connectivity index (χ4v) is 3.92. The topological polar surface area (TPSA) is 98.6 Å². The molecule has 0 spiro atoms. The van der Waals surface area contributed by atoms with E-state index in [4.69, 9.17) is 9.47 Å². The Morgan fingerprint density at radius 1 is 1.17 bits per heavy atom. The molecule has 1 N–H and O–H groups in total. The van der Waals surface area contributed by atoms with Crippen LogP contribution < -0.4 is 5.32 Å². The summed E-state index contributed by atoms with van der Waals surface area (Å²) in [4.78, 5) is 28.6. The second-order valence-electron chi connectivity index (χ2n) is 6.52. The van der Waals surface area contributed by atoms with Gasteiger partial charge in [-0.25, -0.2) is 4.68 Å². The minimum atomic E-state index is -0.765. The van der Waals surface area contributed by atoms with Crippen LogP contribution in [0.3, 0.4) is 0 Å². The molecular formula is C20H25N5O4S. The number of carbonyl (C=O) groups is 2. The lowest BCUT2D eigenvalue weighted by atomic mass is 10.1. The number of rotatable bonds is 11. The number of methoxy groups -OCH3 is 2. The van der Waals surface area contributed by atoms with Gasteiger partial charge in [-0.05, 0) is 23.6 Å². The van der Waals surface area contributed by atoms with E-state index in [1.54, 1.807) is 18.9 Å². The van der Waals surface area contributed by atoms with E-state index in [1.165, 1.54) is 16.2 Å². The SMILES string of the molecule is COCCNC(=O)C(c1cccs1)N(CCOC)C(=O)Cn1nnc2ccccc21. The van der Waals surface area contributed by atoms with Crippen LogP contribution >= 0.6 is 11.3 Å². The number of carbonyl (C=O) groups excluding carboxylic acids is 2. The highest BCUT2D eigenvalue weighted by atomic mass is 32.1. The van der Waals surface area contributed by atoms with Crippen molar-refractivity contribution in [1.29, 1.82) is 0 Å². The molecule has 160 valence electrons. The van der Waals surface area contributed by atoms with Crippen molar-refractivity contribution in [3.63, 3.8) is 0 Å². The number of hydrogen-bond acceptors (Lipinski definition) is 7. The number of para-hydroxylation sites is 1. The van der Waals surface area contributed by atoms with Gasteiger partial charge < -0.3 is 19.7 Å². The molecular weight excluding hydrogens is 406 g/mol. The molecule has 2 heterocycles. The molecule has 0 saturated carbocycles. The molecule has 1 atom stereocenters. The van der Waals surface area contributed by atoms with E-state index in [-0.39, 0.29) is 24.9 Å². The van der Waals surface area contributed by atoms with Crippen LogP contribution in [0.4, 0.5) is 0 Å². The van der Waals surface area contributed by atoms with Crippen LogP contribution in [-0.4, -0.2) is 72.2 Å². The summed E-state index contributed by atoms with van der Waals surface area (Å²) in [7, 11) is 3.13. The van der Waals surface area contributed by atoms with Crippen molar-refractivity contribution in [3.8, 4) is 0 Å². The van der Waals surface area contributed by atoms with E-state index in [0.717, 1.165) is 10.4 Å². The van der Waals surface area contributed by atoms with Crippen LogP contribution in [0.15, 0.2) is 41.8 Å². The first kappa shape index (κ1) is 21.9. The molecule has 3 rings (SSSR count). The Labute approximate surface area is 178 Å². The Morgan fingerprint density at radius 3 is 2.70 bits per heavy atom. The molecule has 2 amide bonds. The Kier molecular flexibility index (Phi) is 7.89. The van der Waals surface area contributed by atoms with Crippen molar-refractivity contribution in [2.24, 2.45) is 0 Å². The first-order valence-corrected chi connectivity index (χ1v) is 10.4. The van der Waals surface area contributed by atoms with Crippen LogP contribution in [-0.2, 0) is 25.6 Å². The second kappa shape index (κ2) is 10.8. The summed E-state index contributed by atoms with van der Waals surface area (Å²) in [5.74, 6) is -0.509. The Morgan fingerprint density at radius 2 is 1.97 bits per heavy atom. The van der Waals surface area contributed by atoms with Gasteiger partial charge in [0.25, 0.3) is 0 Å². The Hall–Kier alpha value is -2.82. The van der Waals surface area contributed by atoms with Gasteiger partial charge in [-0.1, -0.05) is 23.4 Å². The average molecular weight is 432 g/mol. The highest BCUT2D eigenvalue weighted by Gasteiger charge is 2.32. The minimum absolute atomic E-state index is 0.0303. The predicted molar refractivity (Wildman–Crippen MR) is 113 cm³/mol. The predicted octanol–water partition coefficient (Wildman–Crippen LogP) is 1.47. The average Bonchev–Trinajstić information content (AvgIpc) is 3.41. The maximum absolute atomic E-state index is 13.3. The van der Waals surface area contributed by atoms with E-state index >= 15 is 0 Å². The molecule has 0 radical (unpaired) electrons. The number of nitrogens with one attached hydrogen (secondary N) is 1. The third kappa shape index (κ3) is 5.21. The standard InChI is InChI=1S/C20H25N5O4S/c1-28-11-9-21-20(27)19(17-8-5-13-30-17)24(10-12-29-2)18(26)14-25-16-7-4-3-6-15(16)22-23-25/h3-8,13,19H,9-12,14H2,1-2H3,(H,21,27). The summed E-state index contributed by atoms with van der Waals surface area (Å²) < 4.78 is 11.8. The summed E-state index contributed by atoms with van der Waals surface area (Å²) >= 11 is 1.43. The number of ether oxygens (including phenoxy) is 2. The molecule has 10 heteroatoms. The van der Waals surface area contributed by atoms with Gasteiger partial charge in [-0.15, -0.1) is 16.4 Å². The number of nitrogens with zero attached hydrogens (tertiary/aromatic N) is 4. The van der Waals surface area contributed by atoms with Crippen LogP contribution in [0.5, 0.6) is 0 Å². The quantitative estimate of drug-likeness (QED) is 0.462. The largest absolute Gasteiger partial charge is 0.383 e. The van der Waals surface area contributed by atoms with Gasteiger partial charge in [0.15, 0.2) is 0 Å². The zero-order chi connectivity index (χ0) is 21.3. The summed E-state index contributed by atoms with van der Waals surface area (Å²) in [5.41, 5.74) is 1.47. The van der Waals surface area contributed by atoms with Crippen molar-refractivity contribution < 1.29 is 19.1 Å². The van der Waals surface area contributed by atoms with E-state index in [1.807, 2.05) is 41.8 Å². The van der Waals surface area contributed by atoms with Crippen molar-refractivity contribution in [2.75, 3.05) is 40.5 Å². The highest BCUT2D eigenvalue weighted by molar-refractivity contribution is 7.10. The van der Waals surface area contributed by atoms with Gasteiger partial charge in [-0.2, -0.15) is 0 Å². The third-order valence-corrected chi connectivity index (χ3v) is 5.46. The smallest absolute Gasteiger partial charge is 0.248 e. The van der Waals surface area contributed by atoms with E-state index in [0.29, 0.717) is 25.3 Å². The molecule has 3 aromatic rings. The lowest BCUT2D eigenvalue weighted by molar-refractivity contribution is -0.142. The molecule has 30 heavy (non-hydrogen) atoms. The number of benzene rings is 1. The van der Waals surface area contributed by atoms with Crippen molar-refractivity contribution in [1.82, 2.24) is 25.2 Å². The zero-order valence-electron chi connectivity index (χ0n) is 17.0. The first-order chi connectivity index (χ1) is 14.7. The fourth-order valence-electron chi connectivity index (χ4n) is 3.08. The minimum Gasteiger partial charge on any atom is -0.383 e. The summed E-state index contributed by atoms with van der Waals surface area (Å²) in [5, 5.41) is 12.9. The van der Waals surface area contributed by atoms with Crippen LogP contribution in [0.1, 0.15) is 10.9 Å². The molecule has 0 bridgehead atoms. The van der Waals surface area contributed by atoms with Crippen LogP contribution in [0.25, 0.3) is 11.0 Å². The number of fused-ring (bicyclic) bond motifs is 1. The maximum atomic E-state index is 13.3. The number of amides is 2. The van der Waals surface area contributed by atoms with Gasteiger partial charge in [0.2, 0.25) is 11.8 Å². The Bertz CT molecular complexity index is 959. The van der Waals surface area contributed by atoms with Crippen molar-refractivity contribution in [3.05, 3.63) is 46.7 Å². The summed E-state index contributed by atoms with van der Waals surface area (Å²) in [6, 6.07) is 10.4. The lowest BCUT2D eigenvalue weighted by Gasteiger charge is -2.30. The molecule has 2 aromatic heterocycles. The highest BCUT2D eigenvalue weighted by Crippen LogP contribution is 2.26. The van der Waals surface area contributed by atoms with E-state index in [2.05, 4.69) is 15.6 Å². The zero-order valence-corrected chi connectivity index (χ0v) is 17.8. The van der Waals surface area contributed by atoms with Crippen molar-refractivity contribution in [2.45, 2.75) is 12.6 Å². The van der Waals surface area contributed by atoms with Gasteiger partial charge in [0.05, 0.1) is 18.7 Å². The van der Waals surface area contributed by atoms with Crippen molar-refractivity contribution >= 4 is 34.2 Å². The molecule has 0 aliphatic rings. The normalized spacial score (nSPS) is 12.1. The molecule has 0 fully saturated rings. The van der Waals surface area contributed by atoms with E-state index < -0.39 is 6.04 Å². The second-order valence-corrected chi connectivity index (χ2v) is 7.50. The van der Waals surface area contributed by atoms with Gasteiger partial charge in [0, 0.05) is 32.2 Å². The number of thiophene rings is 1. The van der Waals surface area contributed by atoms with Crippen LogP contribution in [0.2, 0.25) is 0 Å². The third-order valence-electron chi connectivity index (χ3n) is 4.54. The lowest BCUT2D eigenvalue weighted by Crippen LogP contribution is -2.46. The molecule has 0 aliphatic carbocycles. The van der Waals surface area contributed by atoms with Gasteiger partial charge in [-0.3, -0.25) is 9.59 Å². The van der Waals surface area contributed by atoms with Gasteiger partial charge in [0.1, 0.15) is 18.1 Å². The monoisotopic (exact) mass is 431 g/mol. The first-order valence-electron chi connectivity index (χ1n) is 9.52. The fraction of sp³-hybridized carbons (Fsp3) is 0.400. The molecule has 0 aliphatic heterocycles. The molecule has 1 unspecified atom stereocenters. The molecule has 1 aromatic carbocycles. The molecule has 9 nitrogen and oxygen atoms in total. The van der Waals surface area contributed by atoms with Crippen LogP contribution in [0, 0.1) is 0 Å². The number of hydrogen-bond donors (Lipinski definition) is 1. The summed E-state index contributed by atoms with van der Waals surface area (Å²) in [6.07, 6.45) is 0. The van der Waals surface area contributed by atoms with Gasteiger partial charge >= 0.3 is 0 Å². The summed E-state index contributed by atoms with van der Waals surface area (Å²) in [6.45, 7) is 1.29.